The maximum atomic E-state index is 12.0. The molecule has 3 nitrogen and oxygen atoms in total. The highest BCUT2D eigenvalue weighted by Gasteiger charge is 2.12. The molecule has 0 saturated heterocycles. The molecule has 94 valence electrons. The van der Waals surface area contributed by atoms with Crippen molar-refractivity contribution in [1.29, 1.82) is 0 Å². The quantitative estimate of drug-likeness (QED) is 0.858. The fraction of sp³-hybridized carbons (Fsp3) is 0.214. The number of carbonyl (C=O) groups excluding carboxylic acids is 1. The second-order valence-corrected chi connectivity index (χ2v) is 4.31. The minimum atomic E-state index is -0.153. The van der Waals surface area contributed by atoms with Gasteiger partial charge in [0, 0.05) is 11.4 Å². The van der Waals surface area contributed by atoms with Crippen LogP contribution < -0.4 is 5.32 Å². The second kappa shape index (κ2) is 5.74. The summed E-state index contributed by atoms with van der Waals surface area (Å²) in [6.45, 7) is 1.88. The summed E-state index contributed by atoms with van der Waals surface area (Å²) in [6, 6.07) is 10.7. The van der Waals surface area contributed by atoms with E-state index in [1.807, 2.05) is 25.1 Å². The number of hydrogen-bond donors (Lipinski definition) is 1. The van der Waals surface area contributed by atoms with Crippen molar-refractivity contribution in [3.8, 4) is 0 Å². The maximum absolute atomic E-state index is 12.0. The van der Waals surface area contributed by atoms with E-state index >= 15 is 0 Å². The van der Waals surface area contributed by atoms with Crippen LogP contribution in [0.25, 0.3) is 0 Å². The summed E-state index contributed by atoms with van der Waals surface area (Å²) in [5.41, 5.74) is 1.61. The van der Waals surface area contributed by atoms with Crippen molar-refractivity contribution in [3.05, 3.63) is 59.5 Å². The normalized spacial score (nSPS) is 12.1. The number of amides is 1. The third-order valence-corrected chi connectivity index (χ3v) is 3.00. The van der Waals surface area contributed by atoms with Crippen LogP contribution in [-0.4, -0.2) is 5.91 Å². The molecule has 1 amide bonds. The van der Waals surface area contributed by atoms with Crippen molar-refractivity contribution in [2.24, 2.45) is 0 Å². The number of alkyl halides is 1. The molecule has 1 unspecified atom stereocenters. The lowest BCUT2D eigenvalue weighted by Crippen LogP contribution is -2.26. The molecule has 0 aliphatic carbocycles. The number of halogens is 1. The van der Waals surface area contributed by atoms with E-state index in [9.17, 15) is 4.79 Å². The topological polar surface area (TPSA) is 42.2 Å². The molecule has 1 aromatic heterocycles. The Morgan fingerprint density at radius 2 is 2.06 bits per heavy atom. The predicted octanol–water partition coefficient (Wildman–Crippen LogP) is 3.51. The van der Waals surface area contributed by atoms with Gasteiger partial charge in [0.05, 0.1) is 12.3 Å². The summed E-state index contributed by atoms with van der Waals surface area (Å²) >= 11 is 5.70. The van der Waals surface area contributed by atoms with Crippen LogP contribution in [0.4, 0.5) is 0 Å². The van der Waals surface area contributed by atoms with Crippen molar-refractivity contribution < 1.29 is 9.21 Å². The molecule has 4 heteroatoms. The first-order chi connectivity index (χ1) is 8.70. The number of rotatable bonds is 4. The van der Waals surface area contributed by atoms with Crippen LogP contribution in [0.5, 0.6) is 0 Å². The molecule has 0 fully saturated rings. The summed E-state index contributed by atoms with van der Waals surface area (Å²) in [6.07, 6.45) is 1.59. The molecule has 0 spiro atoms. The molecule has 0 bridgehead atoms. The molecule has 2 aromatic rings. The van der Waals surface area contributed by atoms with Crippen molar-refractivity contribution in [1.82, 2.24) is 5.32 Å². The number of furan rings is 1. The lowest BCUT2D eigenvalue weighted by molar-refractivity contribution is 0.0935. The molecule has 2 rings (SSSR count). The van der Waals surface area contributed by atoms with Gasteiger partial charge in [0.1, 0.15) is 5.76 Å². The summed E-state index contributed by atoms with van der Waals surface area (Å²) < 4.78 is 5.24. The lowest BCUT2D eigenvalue weighted by atomic mass is 10.1. The molecule has 18 heavy (non-hydrogen) atoms. The molecule has 1 N–H and O–H groups in total. The number of benzene rings is 1. The Bertz CT molecular complexity index is 505. The SMILES string of the molecule is CC(NC(=O)c1ccc(CCl)cc1)c1ccco1. The zero-order chi connectivity index (χ0) is 13.0. The number of carbonyl (C=O) groups is 1. The van der Waals surface area contributed by atoms with Gasteiger partial charge in [0.2, 0.25) is 0 Å². The lowest BCUT2D eigenvalue weighted by Gasteiger charge is -2.11. The largest absolute Gasteiger partial charge is 0.467 e. The van der Waals surface area contributed by atoms with Crippen LogP contribution in [-0.2, 0) is 5.88 Å². The Hall–Kier alpha value is -1.74. The van der Waals surface area contributed by atoms with Gasteiger partial charge in [-0.3, -0.25) is 4.79 Å². The molecule has 0 radical (unpaired) electrons. The summed E-state index contributed by atoms with van der Waals surface area (Å²) in [4.78, 5) is 12.0. The van der Waals surface area contributed by atoms with Gasteiger partial charge in [-0.25, -0.2) is 0 Å². The Balaban J connectivity index is 2.03. The van der Waals surface area contributed by atoms with Crippen molar-refractivity contribution in [2.75, 3.05) is 0 Å². The molecular weight excluding hydrogens is 250 g/mol. The Kier molecular flexibility index (Phi) is 4.05. The highest BCUT2D eigenvalue weighted by atomic mass is 35.5. The zero-order valence-electron chi connectivity index (χ0n) is 10.0. The second-order valence-electron chi connectivity index (χ2n) is 4.04. The smallest absolute Gasteiger partial charge is 0.251 e. The van der Waals surface area contributed by atoms with Gasteiger partial charge in [-0.1, -0.05) is 12.1 Å². The average Bonchev–Trinajstić information content (AvgIpc) is 2.92. The van der Waals surface area contributed by atoms with E-state index in [2.05, 4.69) is 5.32 Å². The third-order valence-electron chi connectivity index (χ3n) is 2.69. The van der Waals surface area contributed by atoms with Crippen LogP contribution in [0.2, 0.25) is 0 Å². The van der Waals surface area contributed by atoms with Crippen molar-refractivity contribution in [3.63, 3.8) is 0 Å². The molecule has 0 saturated carbocycles. The van der Waals surface area contributed by atoms with Crippen LogP contribution in [0.3, 0.4) is 0 Å². The van der Waals surface area contributed by atoms with Gasteiger partial charge in [0.25, 0.3) is 5.91 Å². The fourth-order valence-corrected chi connectivity index (χ4v) is 1.81. The van der Waals surface area contributed by atoms with Crippen molar-refractivity contribution >= 4 is 17.5 Å². The first-order valence-corrected chi connectivity index (χ1v) is 6.23. The Morgan fingerprint density at radius 3 is 2.61 bits per heavy atom. The molecule has 0 aliphatic rings. The standard InChI is InChI=1S/C14H14ClNO2/c1-10(13-3-2-8-18-13)16-14(17)12-6-4-11(9-15)5-7-12/h2-8,10H,9H2,1H3,(H,16,17). The average molecular weight is 264 g/mol. The van der Waals surface area contributed by atoms with Crippen LogP contribution in [0.15, 0.2) is 47.1 Å². The predicted molar refractivity (Wildman–Crippen MR) is 70.6 cm³/mol. The van der Waals surface area contributed by atoms with Crippen LogP contribution in [0, 0.1) is 0 Å². The molecular formula is C14H14ClNO2. The van der Waals surface area contributed by atoms with E-state index < -0.39 is 0 Å². The van der Waals surface area contributed by atoms with Gasteiger partial charge in [-0.05, 0) is 36.8 Å². The van der Waals surface area contributed by atoms with Crippen LogP contribution in [0.1, 0.15) is 34.6 Å². The highest BCUT2D eigenvalue weighted by molar-refractivity contribution is 6.17. The fourth-order valence-electron chi connectivity index (χ4n) is 1.63. The van der Waals surface area contributed by atoms with E-state index in [0.29, 0.717) is 11.4 Å². The number of hydrogen-bond acceptors (Lipinski definition) is 2. The first kappa shape index (κ1) is 12.7. The minimum absolute atomic E-state index is 0.125. The van der Waals surface area contributed by atoms with Gasteiger partial charge in [0.15, 0.2) is 0 Å². The summed E-state index contributed by atoms with van der Waals surface area (Å²) in [7, 11) is 0. The van der Waals surface area contributed by atoms with E-state index in [0.717, 1.165) is 11.3 Å². The molecule has 0 aliphatic heterocycles. The van der Waals surface area contributed by atoms with Crippen molar-refractivity contribution in [2.45, 2.75) is 18.8 Å². The van der Waals surface area contributed by atoms with E-state index in [1.54, 1.807) is 24.5 Å². The highest BCUT2D eigenvalue weighted by Crippen LogP contribution is 2.14. The number of nitrogens with one attached hydrogen (secondary N) is 1. The summed E-state index contributed by atoms with van der Waals surface area (Å²) in [5.74, 6) is 1.06. The van der Waals surface area contributed by atoms with Gasteiger partial charge < -0.3 is 9.73 Å². The molecule has 1 heterocycles. The van der Waals surface area contributed by atoms with Gasteiger partial charge >= 0.3 is 0 Å². The van der Waals surface area contributed by atoms with E-state index in [-0.39, 0.29) is 11.9 Å². The molecule has 1 aromatic carbocycles. The summed E-state index contributed by atoms with van der Waals surface area (Å²) in [5, 5.41) is 2.87. The third kappa shape index (κ3) is 2.93. The maximum Gasteiger partial charge on any atom is 0.251 e. The van der Waals surface area contributed by atoms with E-state index in [1.165, 1.54) is 0 Å². The minimum Gasteiger partial charge on any atom is -0.467 e. The van der Waals surface area contributed by atoms with Crippen LogP contribution >= 0.6 is 11.6 Å². The van der Waals surface area contributed by atoms with E-state index in [4.69, 9.17) is 16.0 Å². The Morgan fingerprint density at radius 1 is 1.33 bits per heavy atom. The van der Waals surface area contributed by atoms with Gasteiger partial charge in [-0.15, -0.1) is 11.6 Å². The monoisotopic (exact) mass is 263 g/mol. The first-order valence-electron chi connectivity index (χ1n) is 5.70. The molecule has 1 atom stereocenters. The Labute approximate surface area is 111 Å². The van der Waals surface area contributed by atoms with Gasteiger partial charge in [-0.2, -0.15) is 0 Å². The zero-order valence-corrected chi connectivity index (χ0v) is 10.8.